The van der Waals surface area contributed by atoms with Gasteiger partial charge in [-0.15, -0.1) is 0 Å². The molecule has 128 valence electrons. The number of nitrogens with one attached hydrogen (secondary N) is 1. The van der Waals surface area contributed by atoms with Crippen molar-refractivity contribution in [3.05, 3.63) is 71.0 Å². The summed E-state index contributed by atoms with van der Waals surface area (Å²) in [5, 5.41) is 6.48. The van der Waals surface area contributed by atoms with E-state index in [4.69, 9.17) is 13.7 Å². The summed E-state index contributed by atoms with van der Waals surface area (Å²) < 4.78 is 15.2. The Morgan fingerprint density at radius 1 is 1.20 bits per heavy atom. The second kappa shape index (κ2) is 7.04. The number of rotatable bonds is 5. The molecule has 1 N–H and O–H groups in total. The predicted octanol–water partition coefficient (Wildman–Crippen LogP) is 3.49. The Balaban J connectivity index is 1.69. The van der Waals surface area contributed by atoms with E-state index in [1.165, 1.54) is 6.26 Å². The van der Waals surface area contributed by atoms with Crippen LogP contribution in [0.4, 0.5) is 5.69 Å². The van der Waals surface area contributed by atoms with E-state index >= 15 is 0 Å². The molecule has 3 rings (SSSR count). The van der Waals surface area contributed by atoms with Gasteiger partial charge in [-0.2, -0.15) is 0 Å². The van der Waals surface area contributed by atoms with Crippen molar-refractivity contribution >= 4 is 17.6 Å². The number of amides is 1. The molecule has 7 heteroatoms. The van der Waals surface area contributed by atoms with Gasteiger partial charge in [0, 0.05) is 11.8 Å². The fraction of sp³-hybridized carbons (Fsp3) is 0.167. The van der Waals surface area contributed by atoms with Crippen molar-refractivity contribution in [3.63, 3.8) is 0 Å². The van der Waals surface area contributed by atoms with E-state index in [-0.39, 0.29) is 12.4 Å². The smallest absolute Gasteiger partial charge is 0.338 e. The number of aromatic nitrogens is 1. The number of furan rings is 1. The van der Waals surface area contributed by atoms with E-state index in [1.54, 1.807) is 43.3 Å². The number of aryl methyl sites for hydroxylation is 2. The van der Waals surface area contributed by atoms with Crippen LogP contribution >= 0.6 is 0 Å². The van der Waals surface area contributed by atoms with Crippen LogP contribution in [0.25, 0.3) is 0 Å². The molecule has 0 aliphatic heterocycles. The standard InChI is InChI=1S/C18H16N2O5/c1-11-5-6-13(18(22)24-10-14-8-12(2)25-20-14)9-15(11)19-17(21)16-4-3-7-23-16/h3-9H,10H2,1-2H3,(H,19,21). The van der Waals surface area contributed by atoms with Crippen LogP contribution in [0.1, 0.15) is 37.9 Å². The van der Waals surface area contributed by atoms with Crippen molar-refractivity contribution in [2.24, 2.45) is 0 Å². The Labute approximate surface area is 143 Å². The summed E-state index contributed by atoms with van der Waals surface area (Å²) in [7, 11) is 0. The van der Waals surface area contributed by atoms with Gasteiger partial charge in [-0.05, 0) is 43.7 Å². The van der Waals surface area contributed by atoms with Crippen LogP contribution in [0.5, 0.6) is 0 Å². The Hall–Kier alpha value is -3.35. The Morgan fingerprint density at radius 2 is 2.04 bits per heavy atom. The maximum absolute atomic E-state index is 12.2. The molecule has 0 spiro atoms. The van der Waals surface area contributed by atoms with Gasteiger partial charge < -0.3 is 19.0 Å². The molecular weight excluding hydrogens is 324 g/mol. The number of esters is 1. The molecule has 0 radical (unpaired) electrons. The molecule has 3 aromatic rings. The highest BCUT2D eigenvalue weighted by Gasteiger charge is 2.14. The maximum atomic E-state index is 12.2. The van der Waals surface area contributed by atoms with Crippen LogP contribution in [0.3, 0.4) is 0 Å². The van der Waals surface area contributed by atoms with Crippen LogP contribution in [-0.2, 0) is 11.3 Å². The zero-order valence-electron chi connectivity index (χ0n) is 13.7. The molecule has 1 amide bonds. The third-order valence-corrected chi connectivity index (χ3v) is 3.49. The normalized spacial score (nSPS) is 10.5. The summed E-state index contributed by atoms with van der Waals surface area (Å²) in [6.45, 7) is 3.59. The van der Waals surface area contributed by atoms with E-state index in [1.807, 2.05) is 6.92 Å². The second-order valence-electron chi connectivity index (χ2n) is 5.47. The minimum Gasteiger partial charge on any atom is -0.459 e. The van der Waals surface area contributed by atoms with Crippen LogP contribution in [-0.4, -0.2) is 17.0 Å². The fourth-order valence-corrected chi connectivity index (χ4v) is 2.18. The highest BCUT2D eigenvalue weighted by Crippen LogP contribution is 2.19. The maximum Gasteiger partial charge on any atom is 0.338 e. The Morgan fingerprint density at radius 3 is 2.72 bits per heavy atom. The number of nitrogens with zero attached hydrogens (tertiary/aromatic N) is 1. The van der Waals surface area contributed by atoms with Crippen molar-refractivity contribution in [2.75, 3.05) is 5.32 Å². The molecule has 1 aromatic carbocycles. The molecule has 0 saturated heterocycles. The quantitative estimate of drug-likeness (QED) is 0.714. The minimum absolute atomic E-state index is 0.0120. The first-order valence-corrected chi connectivity index (χ1v) is 7.58. The lowest BCUT2D eigenvalue weighted by Gasteiger charge is -2.09. The number of carbonyl (C=O) groups is 2. The lowest BCUT2D eigenvalue weighted by atomic mass is 10.1. The molecule has 0 saturated carbocycles. The minimum atomic E-state index is -0.519. The Bertz CT molecular complexity index is 896. The van der Waals surface area contributed by atoms with Crippen LogP contribution in [0.2, 0.25) is 0 Å². The molecule has 2 aromatic heterocycles. The first kappa shape index (κ1) is 16.5. The lowest BCUT2D eigenvalue weighted by Crippen LogP contribution is -2.13. The molecular formula is C18H16N2O5. The highest BCUT2D eigenvalue weighted by atomic mass is 16.5. The molecule has 2 heterocycles. The van der Waals surface area contributed by atoms with Crippen molar-refractivity contribution in [1.82, 2.24) is 5.16 Å². The summed E-state index contributed by atoms with van der Waals surface area (Å²) in [6.07, 6.45) is 1.42. The van der Waals surface area contributed by atoms with Crippen molar-refractivity contribution in [1.29, 1.82) is 0 Å². The molecule has 0 aliphatic carbocycles. The van der Waals surface area contributed by atoms with Gasteiger partial charge in [0.15, 0.2) is 5.76 Å². The van der Waals surface area contributed by atoms with Crippen molar-refractivity contribution < 1.29 is 23.3 Å². The molecule has 25 heavy (non-hydrogen) atoms. The summed E-state index contributed by atoms with van der Waals surface area (Å²) in [4.78, 5) is 24.3. The third-order valence-electron chi connectivity index (χ3n) is 3.49. The number of carbonyl (C=O) groups excluding carboxylic acids is 2. The lowest BCUT2D eigenvalue weighted by molar-refractivity contribution is 0.0464. The zero-order chi connectivity index (χ0) is 17.8. The number of anilines is 1. The summed E-state index contributed by atoms with van der Waals surface area (Å²) in [5.74, 6) is -0.0797. The van der Waals surface area contributed by atoms with E-state index in [0.29, 0.717) is 22.7 Å². The van der Waals surface area contributed by atoms with Gasteiger partial charge in [0.05, 0.1) is 11.8 Å². The molecule has 0 atom stereocenters. The van der Waals surface area contributed by atoms with Crippen LogP contribution in [0, 0.1) is 13.8 Å². The van der Waals surface area contributed by atoms with Gasteiger partial charge in [0.2, 0.25) is 0 Å². The average Bonchev–Trinajstić information content (AvgIpc) is 3.26. The SMILES string of the molecule is Cc1cc(COC(=O)c2ccc(C)c(NC(=O)c3ccco3)c2)no1. The second-order valence-corrected chi connectivity index (χ2v) is 5.47. The molecule has 0 aliphatic rings. The first-order valence-electron chi connectivity index (χ1n) is 7.58. The zero-order valence-corrected chi connectivity index (χ0v) is 13.7. The number of ether oxygens (including phenoxy) is 1. The van der Waals surface area contributed by atoms with E-state index < -0.39 is 11.9 Å². The van der Waals surface area contributed by atoms with E-state index in [0.717, 1.165) is 5.56 Å². The van der Waals surface area contributed by atoms with Gasteiger partial charge in [0.1, 0.15) is 18.1 Å². The van der Waals surface area contributed by atoms with Gasteiger partial charge in [-0.25, -0.2) is 4.79 Å². The largest absolute Gasteiger partial charge is 0.459 e. The molecule has 0 unspecified atom stereocenters. The molecule has 0 fully saturated rings. The third kappa shape index (κ3) is 3.95. The van der Waals surface area contributed by atoms with Gasteiger partial charge in [-0.3, -0.25) is 4.79 Å². The summed E-state index contributed by atoms with van der Waals surface area (Å²) >= 11 is 0. The number of benzene rings is 1. The topological polar surface area (TPSA) is 94.6 Å². The van der Waals surface area contributed by atoms with Gasteiger partial charge in [0.25, 0.3) is 5.91 Å². The van der Waals surface area contributed by atoms with E-state index in [9.17, 15) is 9.59 Å². The highest BCUT2D eigenvalue weighted by molar-refractivity contribution is 6.03. The monoisotopic (exact) mass is 340 g/mol. The Kier molecular flexibility index (Phi) is 4.65. The van der Waals surface area contributed by atoms with Crippen LogP contribution < -0.4 is 5.32 Å². The van der Waals surface area contributed by atoms with Crippen molar-refractivity contribution in [2.45, 2.75) is 20.5 Å². The number of hydrogen-bond donors (Lipinski definition) is 1. The molecule has 7 nitrogen and oxygen atoms in total. The average molecular weight is 340 g/mol. The number of hydrogen-bond acceptors (Lipinski definition) is 6. The van der Waals surface area contributed by atoms with Crippen molar-refractivity contribution in [3.8, 4) is 0 Å². The summed E-state index contributed by atoms with van der Waals surface area (Å²) in [5.41, 5.74) is 2.17. The summed E-state index contributed by atoms with van der Waals surface area (Å²) in [6, 6.07) is 9.80. The van der Waals surface area contributed by atoms with Crippen LogP contribution in [0.15, 0.2) is 51.6 Å². The van der Waals surface area contributed by atoms with Gasteiger partial charge in [-0.1, -0.05) is 11.2 Å². The molecule has 0 bridgehead atoms. The fourth-order valence-electron chi connectivity index (χ4n) is 2.18. The van der Waals surface area contributed by atoms with Gasteiger partial charge >= 0.3 is 5.97 Å². The predicted molar refractivity (Wildman–Crippen MR) is 88.2 cm³/mol. The van der Waals surface area contributed by atoms with E-state index in [2.05, 4.69) is 10.5 Å². The first-order chi connectivity index (χ1) is 12.0.